The molecular weight excluding hydrogens is 484 g/mol. The van der Waals surface area contributed by atoms with Gasteiger partial charge >= 0.3 is 0 Å². The van der Waals surface area contributed by atoms with Crippen molar-refractivity contribution >= 4 is 46.0 Å². The number of halogens is 3. The van der Waals surface area contributed by atoms with Gasteiger partial charge in [-0.3, -0.25) is 4.79 Å². The number of oxazole rings is 1. The number of methoxy groups -OCH3 is 1. The Balaban J connectivity index is 1.46. The Labute approximate surface area is 202 Å². The maximum atomic E-state index is 13.4. The summed E-state index contributed by atoms with van der Waals surface area (Å²) in [6.07, 6.45) is 1.61. The molecule has 34 heavy (non-hydrogen) atoms. The van der Waals surface area contributed by atoms with Gasteiger partial charge in [-0.1, -0.05) is 23.2 Å². The van der Waals surface area contributed by atoms with Crippen molar-refractivity contribution in [1.29, 1.82) is 0 Å². The minimum absolute atomic E-state index is 0.0186. The van der Waals surface area contributed by atoms with E-state index in [0.29, 0.717) is 28.1 Å². The van der Waals surface area contributed by atoms with Gasteiger partial charge in [0, 0.05) is 17.3 Å². The van der Waals surface area contributed by atoms with Crippen molar-refractivity contribution in [2.24, 2.45) is 0 Å². The number of aromatic nitrogens is 2. The molecule has 0 aliphatic carbocycles. The van der Waals surface area contributed by atoms with E-state index in [9.17, 15) is 9.18 Å². The number of ether oxygens (including phenoxy) is 1. The van der Waals surface area contributed by atoms with Crippen molar-refractivity contribution in [2.75, 3.05) is 12.4 Å². The fraction of sp³-hybridized carbons (Fsp3) is 0.0417. The molecule has 0 aliphatic heterocycles. The number of carbonyl (C=O) groups is 1. The van der Waals surface area contributed by atoms with E-state index < -0.39 is 11.7 Å². The van der Waals surface area contributed by atoms with E-state index in [-0.39, 0.29) is 33.1 Å². The molecule has 0 saturated heterocycles. The van der Waals surface area contributed by atoms with Gasteiger partial charge in [-0.2, -0.15) is 4.98 Å². The number of hydrogen-bond donors (Lipinski definition) is 1. The van der Waals surface area contributed by atoms with Gasteiger partial charge in [0.05, 0.1) is 22.8 Å². The van der Waals surface area contributed by atoms with E-state index >= 15 is 0 Å². The molecule has 0 aliphatic rings. The van der Waals surface area contributed by atoms with Gasteiger partial charge < -0.3 is 18.9 Å². The number of rotatable bonds is 5. The van der Waals surface area contributed by atoms with E-state index in [0.717, 1.165) is 0 Å². The third-order valence-corrected chi connectivity index (χ3v) is 5.51. The van der Waals surface area contributed by atoms with Crippen molar-refractivity contribution in [1.82, 2.24) is 9.97 Å². The number of nitrogens with one attached hydrogen (secondary N) is 1. The lowest BCUT2D eigenvalue weighted by molar-refractivity contribution is 0.0997. The Morgan fingerprint density at radius 3 is 2.62 bits per heavy atom. The third kappa shape index (κ3) is 4.09. The molecule has 0 bridgehead atoms. The first-order valence-corrected chi connectivity index (χ1v) is 10.6. The SMILES string of the molecule is COc1c(Cl)cc(-c2nc3ncccc3o2)cc1NC(=O)c1ccc(-c2ccc(F)c(Cl)c2)o1. The Morgan fingerprint density at radius 1 is 1.03 bits per heavy atom. The number of benzene rings is 2. The highest BCUT2D eigenvalue weighted by Crippen LogP contribution is 2.38. The summed E-state index contributed by atoms with van der Waals surface area (Å²) in [5.74, 6) is -0.194. The smallest absolute Gasteiger partial charge is 0.291 e. The molecule has 0 atom stereocenters. The highest BCUT2D eigenvalue weighted by atomic mass is 35.5. The molecule has 0 fully saturated rings. The number of amides is 1. The van der Waals surface area contributed by atoms with Crippen molar-refractivity contribution in [3.8, 4) is 28.5 Å². The second-order valence-electron chi connectivity index (χ2n) is 7.13. The van der Waals surface area contributed by atoms with Crippen LogP contribution in [-0.2, 0) is 0 Å². The van der Waals surface area contributed by atoms with Crippen LogP contribution in [0.1, 0.15) is 10.6 Å². The molecule has 10 heteroatoms. The number of furan rings is 1. The first-order chi connectivity index (χ1) is 16.4. The average Bonchev–Trinajstić information content (AvgIpc) is 3.48. The molecule has 0 saturated carbocycles. The summed E-state index contributed by atoms with van der Waals surface area (Å²) in [6.45, 7) is 0. The lowest BCUT2D eigenvalue weighted by Crippen LogP contribution is -2.12. The maximum absolute atomic E-state index is 13.4. The van der Waals surface area contributed by atoms with Gasteiger partial charge in [0.25, 0.3) is 5.91 Å². The van der Waals surface area contributed by atoms with Gasteiger partial charge in [-0.25, -0.2) is 9.37 Å². The summed E-state index contributed by atoms with van der Waals surface area (Å²) < 4.78 is 30.2. The summed E-state index contributed by atoms with van der Waals surface area (Å²) in [5, 5.41) is 2.93. The quantitative estimate of drug-likeness (QED) is 0.285. The average molecular weight is 498 g/mol. The van der Waals surface area contributed by atoms with Crippen LogP contribution in [0.2, 0.25) is 10.0 Å². The maximum Gasteiger partial charge on any atom is 0.291 e. The van der Waals surface area contributed by atoms with E-state index in [2.05, 4.69) is 15.3 Å². The number of pyridine rings is 1. The zero-order chi connectivity index (χ0) is 23.8. The first-order valence-electron chi connectivity index (χ1n) is 9.89. The van der Waals surface area contributed by atoms with Gasteiger partial charge in [-0.15, -0.1) is 0 Å². The molecule has 5 rings (SSSR count). The van der Waals surface area contributed by atoms with Crippen molar-refractivity contribution in [3.63, 3.8) is 0 Å². The molecule has 7 nitrogen and oxygen atoms in total. The van der Waals surface area contributed by atoms with Crippen LogP contribution in [0.25, 0.3) is 34.0 Å². The number of carbonyl (C=O) groups excluding carboxylic acids is 1. The fourth-order valence-electron chi connectivity index (χ4n) is 3.36. The van der Waals surface area contributed by atoms with Crippen LogP contribution >= 0.6 is 23.2 Å². The lowest BCUT2D eigenvalue weighted by atomic mass is 10.1. The summed E-state index contributed by atoms with van der Waals surface area (Å²) in [5.41, 5.74) is 2.28. The van der Waals surface area contributed by atoms with Gasteiger partial charge in [0.15, 0.2) is 22.7 Å². The van der Waals surface area contributed by atoms with Crippen LogP contribution < -0.4 is 10.1 Å². The summed E-state index contributed by atoms with van der Waals surface area (Å²) in [4.78, 5) is 21.4. The first kappa shape index (κ1) is 21.9. The minimum atomic E-state index is -0.551. The van der Waals surface area contributed by atoms with Crippen LogP contribution in [0.3, 0.4) is 0 Å². The summed E-state index contributed by atoms with van der Waals surface area (Å²) >= 11 is 12.2. The molecule has 3 aromatic heterocycles. The molecule has 1 N–H and O–H groups in total. The van der Waals surface area contributed by atoms with E-state index in [1.165, 1.54) is 31.4 Å². The summed E-state index contributed by atoms with van der Waals surface area (Å²) in [6, 6.07) is 13.9. The van der Waals surface area contributed by atoms with Gasteiger partial charge in [0.1, 0.15) is 11.6 Å². The topological polar surface area (TPSA) is 90.4 Å². The molecule has 5 aromatic rings. The predicted molar refractivity (Wildman–Crippen MR) is 126 cm³/mol. The number of nitrogens with zero attached hydrogens (tertiary/aromatic N) is 2. The molecule has 0 unspecified atom stereocenters. The molecule has 170 valence electrons. The van der Waals surface area contributed by atoms with Crippen LogP contribution in [0.15, 0.2) is 69.6 Å². The number of hydrogen-bond acceptors (Lipinski definition) is 6. The highest BCUT2D eigenvalue weighted by Gasteiger charge is 2.20. The van der Waals surface area contributed by atoms with Gasteiger partial charge in [-0.05, 0) is 54.6 Å². The Morgan fingerprint density at radius 2 is 1.85 bits per heavy atom. The zero-order valence-corrected chi connectivity index (χ0v) is 18.9. The van der Waals surface area contributed by atoms with E-state index in [1.807, 2.05) is 0 Å². The van der Waals surface area contributed by atoms with Crippen LogP contribution in [0.5, 0.6) is 5.75 Å². The molecule has 0 radical (unpaired) electrons. The number of fused-ring (bicyclic) bond motifs is 1. The van der Waals surface area contributed by atoms with Gasteiger partial charge in [0.2, 0.25) is 5.89 Å². The monoisotopic (exact) mass is 497 g/mol. The van der Waals surface area contributed by atoms with Crippen LogP contribution in [0.4, 0.5) is 10.1 Å². The normalized spacial score (nSPS) is 11.1. The van der Waals surface area contributed by atoms with E-state index in [1.54, 1.807) is 36.5 Å². The van der Waals surface area contributed by atoms with Crippen molar-refractivity contribution in [3.05, 3.63) is 82.4 Å². The van der Waals surface area contributed by atoms with Crippen LogP contribution in [0, 0.1) is 5.82 Å². The molecule has 2 aromatic carbocycles. The molecular formula is C24H14Cl2FN3O4. The Kier molecular flexibility index (Phi) is 5.69. The van der Waals surface area contributed by atoms with Crippen molar-refractivity contribution in [2.45, 2.75) is 0 Å². The number of anilines is 1. The Hall–Kier alpha value is -3.88. The molecule has 1 amide bonds. The largest absolute Gasteiger partial charge is 0.493 e. The predicted octanol–water partition coefficient (Wildman–Crippen LogP) is 6.86. The zero-order valence-electron chi connectivity index (χ0n) is 17.4. The second-order valence-corrected chi connectivity index (χ2v) is 7.94. The van der Waals surface area contributed by atoms with Crippen LogP contribution in [-0.4, -0.2) is 23.0 Å². The lowest BCUT2D eigenvalue weighted by Gasteiger charge is -2.12. The second kappa shape index (κ2) is 8.81. The highest BCUT2D eigenvalue weighted by molar-refractivity contribution is 6.33. The van der Waals surface area contributed by atoms with Crippen molar-refractivity contribution < 1.29 is 22.8 Å². The fourth-order valence-corrected chi connectivity index (χ4v) is 3.84. The summed E-state index contributed by atoms with van der Waals surface area (Å²) in [7, 11) is 1.43. The Bertz CT molecular complexity index is 1510. The standard InChI is InChI=1S/C24H14Cl2FN3O4/c1-32-21-15(26)10-13(24-30-22-19(34-24)3-2-8-28-22)11-17(21)29-23(31)20-7-6-18(33-20)12-4-5-16(27)14(25)9-12/h2-11H,1H3,(H,29,31). The van der Waals surface area contributed by atoms with E-state index in [4.69, 9.17) is 36.8 Å². The molecule has 3 heterocycles. The molecule has 0 spiro atoms. The minimum Gasteiger partial charge on any atom is -0.493 e. The third-order valence-electron chi connectivity index (χ3n) is 4.94.